The molecule has 0 bridgehead atoms. The summed E-state index contributed by atoms with van der Waals surface area (Å²) >= 11 is 1.55. The van der Waals surface area contributed by atoms with Gasteiger partial charge in [0.15, 0.2) is 11.5 Å². The molecule has 0 spiro atoms. The molecule has 3 rings (SSSR count). The number of nitrogens with zero attached hydrogens (tertiary/aromatic N) is 3. The van der Waals surface area contributed by atoms with Crippen LogP contribution in [0, 0.1) is 5.92 Å². The fourth-order valence-electron chi connectivity index (χ4n) is 3.12. The maximum atomic E-state index is 12.1. The summed E-state index contributed by atoms with van der Waals surface area (Å²) in [5.41, 5.74) is 0.315. The van der Waals surface area contributed by atoms with Gasteiger partial charge in [0.2, 0.25) is 5.91 Å². The Morgan fingerprint density at radius 3 is 2.85 bits per heavy atom. The van der Waals surface area contributed by atoms with E-state index in [1.54, 1.807) is 36.4 Å². The molecule has 0 aromatic carbocycles. The zero-order valence-corrected chi connectivity index (χ0v) is 16.6. The van der Waals surface area contributed by atoms with Crippen LogP contribution in [0.1, 0.15) is 29.8 Å². The summed E-state index contributed by atoms with van der Waals surface area (Å²) in [6.45, 7) is 3.37. The summed E-state index contributed by atoms with van der Waals surface area (Å²) in [4.78, 5) is 28.8. The first-order chi connectivity index (χ1) is 13.0. The van der Waals surface area contributed by atoms with Crippen LogP contribution in [0.4, 0.5) is 0 Å². The Bertz CT molecular complexity index is 751. The van der Waals surface area contributed by atoms with E-state index in [1.807, 2.05) is 17.5 Å². The number of hydrogen-bond donors (Lipinski definition) is 1. The normalized spacial score (nSPS) is 14.7. The molecule has 2 aromatic rings. The maximum absolute atomic E-state index is 12.1. The largest absolute Gasteiger partial charge is 0.355 e. The fraction of sp³-hybridized carbons (Fsp3) is 0.526. The monoisotopic (exact) mass is 390 g/mol. The highest BCUT2D eigenvalue weighted by Crippen LogP contribution is 2.25. The van der Waals surface area contributed by atoms with Gasteiger partial charge in [0.05, 0.1) is 10.8 Å². The Kier molecular flexibility index (Phi) is 6.63. The van der Waals surface area contributed by atoms with Crippen molar-refractivity contribution >= 4 is 23.2 Å². The minimum atomic E-state index is -0.200. The Morgan fingerprint density at radius 2 is 2.15 bits per heavy atom. The van der Waals surface area contributed by atoms with Crippen molar-refractivity contribution in [2.24, 2.45) is 5.92 Å². The van der Waals surface area contributed by atoms with Crippen molar-refractivity contribution in [1.29, 1.82) is 0 Å². The third-order valence-electron chi connectivity index (χ3n) is 4.69. The number of hydrogen-bond acceptors (Lipinski definition) is 6. The van der Waals surface area contributed by atoms with Crippen molar-refractivity contribution in [1.82, 2.24) is 20.3 Å². The predicted octanol–water partition coefficient (Wildman–Crippen LogP) is 2.32. The third kappa shape index (κ3) is 5.17. The number of rotatable bonds is 9. The first-order valence-corrected chi connectivity index (χ1v) is 10.1. The van der Waals surface area contributed by atoms with Crippen molar-refractivity contribution in [2.45, 2.75) is 19.3 Å². The van der Waals surface area contributed by atoms with Gasteiger partial charge in [0.25, 0.3) is 5.91 Å². The number of thiophene rings is 1. The fourth-order valence-corrected chi connectivity index (χ4v) is 3.79. The Balaban J connectivity index is 1.26. The molecular formula is C19H26N4O3S. The second-order valence-electron chi connectivity index (χ2n) is 7.06. The standard InChI is InChI=1S/C19H26N4O3S/c1-22(2)19(25)14-12-23(13-14)9-5-3-4-8-20-18(24)15-11-16(26-21-15)17-7-6-10-27-17/h6-7,10-11,14H,3-5,8-9,12-13H2,1-2H3,(H,20,24). The summed E-state index contributed by atoms with van der Waals surface area (Å²) in [7, 11) is 3.61. The van der Waals surface area contributed by atoms with E-state index >= 15 is 0 Å². The second kappa shape index (κ2) is 9.14. The average Bonchev–Trinajstić information content (AvgIpc) is 3.29. The number of aromatic nitrogens is 1. The summed E-state index contributed by atoms with van der Waals surface area (Å²) in [5.74, 6) is 0.815. The van der Waals surface area contributed by atoms with Crippen LogP contribution in [0.15, 0.2) is 28.1 Å². The molecule has 2 aromatic heterocycles. The molecule has 3 heterocycles. The molecule has 7 nitrogen and oxygen atoms in total. The van der Waals surface area contributed by atoms with Crippen LogP contribution in [-0.4, -0.2) is 67.0 Å². The van der Waals surface area contributed by atoms with Crippen molar-refractivity contribution in [3.63, 3.8) is 0 Å². The Hall–Kier alpha value is -2.19. The lowest BCUT2D eigenvalue weighted by atomic mass is 9.98. The summed E-state index contributed by atoms with van der Waals surface area (Å²) in [6.07, 6.45) is 3.04. The van der Waals surface area contributed by atoms with Gasteiger partial charge in [-0.15, -0.1) is 11.3 Å². The minimum absolute atomic E-state index is 0.167. The topological polar surface area (TPSA) is 78.7 Å². The number of nitrogens with one attached hydrogen (secondary N) is 1. The lowest BCUT2D eigenvalue weighted by Crippen LogP contribution is -2.53. The minimum Gasteiger partial charge on any atom is -0.355 e. The van der Waals surface area contributed by atoms with Crippen molar-refractivity contribution in [3.8, 4) is 10.6 Å². The third-order valence-corrected chi connectivity index (χ3v) is 5.58. The molecule has 146 valence electrons. The summed E-state index contributed by atoms with van der Waals surface area (Å²) < 4.78 is 5.23. The van der Waals surface area contributed by atoms with Gasteiger partial charge in [-0.25, -0.2) is 0 Å². The number of amides is 2. The lowest BCUT2D eigenvalue weighted by Gasteiger charge is -2.39. The predicted molar refractivity (Wildman–Crippen MR) is 105 cm³/mol. The molecule has 0 radical (unpaired) electrons. The highest BCUT2D eigenvalue weighted by Gasteiger charge is 2.32. The van der Waals surface area contributed by atoms with E-state index in [2.05, 4.69) is 15.4 Å². The smallest absolute Gasteiger partial charge is 0.273 e. The zero-order chi connectivity index (χ0) is 19.2. The molecule has 0 saturated carbocycles. The molecule has 0 atom stereocenters. The number of carbonyl (C=O) groups excluding carboxylic acids is 2. The SMILES string of the molecule is CN(C)C(=O)C1CN(CCCCCNC(=O)c2cc(-c3cccs3)on2)C1. The molecule has 0 unspecified atom stereocenters. The van der Waals surface area contributed by atoms with Gasteiger partial charge in [0, 0.05) is 39.8 Å². The average molecular weight is 391 g/mol. The van der Waals surface area contributed by atoms with Gasteiger partial charge in [-0.3, -0.25) is 9.59 Å². The van der Waals surface area contributed by atoms with Crippen LogP contribution in [0.25, 0.3) is 10.6 Å². The van der Waals surface area contributed by atoms with Gasteiger partial charge < -0.3 is 19.6 Å². The summed E-state index contributed by atoms with van der Waals surface area (Å²) in [6, 6.07) is 5.54. The molecule has 1 saturated heterocycles. The van der Waals surface area contributed by atoms with Crippen LogP contribution in [0.2, 0.25) is 0 Å². The molecule has 1 aliphatic heterocycles. The van der Waals surface area contributed by atoms with Gasteiger partial charge in [-0.05, 0) is 30.8 Å². The second-order valence-corrected chi connectivity index (χ2v) is 8.01. The van der Waals surface area contributed by atoms with E-state index in [0.29, 0.717) is 18.0 Å². The molecule has 2 amide bonds. The molecule has 1 aliphatic rings. The number of carbonyl (C=O) groups is 2. The molecular weight excluding hydrogens is 364 g/mol. The van der Waals surface area contributed by atoms with Crippen molar-refractivity contribution in [2.75, 3.05) is 40.3 Å². The zero-order valence-electron chi connectivity index (χ0n) is 15.8. The lowest BCUT2D eigenvalue weighted by molar-refractivity contribution is -0.138. The van der Waals surface area contributed by atoms with Crippen LogP contribution in [0.5, 0.6) is 0 Å². The van der Waals surface area contributed by atoms with Crippen LogP contribution >= 0.6 is 11.3 Å². The van der Waals surface area contributed by atoms with Crippen LogP contribution in [0.3, 0.4) is 0 Å². The van der Waals surface area contributed by atoms with E-state index in [9.17, 15) is 9.59 Å². The quantitative estimate of drug-likeness (QED) is 0.665. The van der Waals surface area contributed by atoms with Crippen LogP contribution in [-0.2, 0) is 4.79 Å². The first-order valence-electron chi connectivity index (χ1n) is 9.27. The van der Waals surface area contributed by atoms with Crippen molar-refractivity contribution < 1.29 is 14.1 Å². The molecule has 27 heavy (non-hydrogen) atoms. The highest BCUT2D eigenvalue weighted by atomic mass is 32.1. The number of likely N-dealkylation sites (tertiary alicyclic amines) is 1. The molecule has 1 N–H and O–H groups in total. The highest BCUT2D eigenvalue weighted by molar-refractivity contribution is 7.13. The van der Waals surface area contributed by atoms with Crippen molar-refractivity contribution in [3.05, 3.63) is 29.3 Å². The van der Waals surface area contributed by atoms with E-state index in [0.717, 1.165) is 43.8 Å². The van der Waals surface area contributed by atoms with E-state index in [-0.39, 0.29) is 17.7 Å². The van der Waals surface area contributed by atoms with E-state index in [4.69, 9.17) is 4.52 Å². The number of unbranched alkanes of at least 4 members (excludes halogenated alkanes) is 2. The summed E-state index contributed by atoms with van der Waals surface area (Å²) in [5, 5.41) is 8.69. The van der Waals surface area contributed by atoms with E-state index in [1.165, 1.54) is 0 Å². The Morgan fingerprint density at radius 1 is 1.33 bits per heavy atom. The van der Waals surface area contributed by atoms with Gasteiger partial charge in [-0.1, -0.05) is 17.6 Å². The van der Waals surface area contributed by atoms with Gasteiger partial charge in [-0.2, -0.15) is 0 Å². The molecule has 8 heteroatoms. The Labute approximate surface area is 163 Å². The molecule has 0 aliphatic carbocycles. The maximum Gasteiger partial charge on any atom is 0.273 e. The van der Waals surface area contributed by atoms with Crippen LogP contribution < -0.4 is 5.32 Å². The molecule has 1 fully saturated rings. The van der Waals surface area contributed by atoms with Gasteiger partial charge in [0.1, 0.15) is 0 Å². The van der Waals surface area contributed by atoms with Gasteiger partial charge >= 0.3 is 0 Å². The first kappa shape index (κ1) is 19.6. The van der Waals surface area contributed by atoms with E-state index < -0.39 is 0 Å².